The molecule has 1 aliphatic heterocycles. The first-order chi connectivity index (χ1) is 9.41. The number of nitrogens with one attached hydrogen (secondary N) is 1. The second-order valence-corrected chi connectivity index (χ2v) is 6.96. The molecule has 0 atom stereocenters. The number of hydrogen-bond acceptors (Lipinski definition) is 2. The van der Waals surface area contributed by atoms with Crippen molar-refractivity contribution in [3.63, 3.8) is 0 Å². The molecule has 0 aliphatic carbocycles. The van der Waals surface area contributed by atoms with E-state index in [0.717, 1.165) is 44.5 Å². The molecule has 0 aromatic carbocycles. The number of amides is 1. The number of aromatic nitrogens is 2. The molecule has 0 unspecified atom stereocenters. The number of likely N-dealkylation sites (tertiary alicyclic amines) is 1. The number of hydrogen-bond donors (Lipinski definition) is 1. The first-order valence-corrected chi connectivity index (χ1v) is 7.75. The van der Waals surface area contributed by atoms with Crippen molar-refractivity contribution in [2.75, 3.05) is 13.1 Å². The van der Waals surface area contributed by atoms with Gasteiger partial charge in [-0.25, -0.2) is 0 Å². The van der Waals surface area contributed by atoms with E-state index in [-0.39, 0.29) is 5.91 Å². The van der Waals surface area contributed by atoms with Crippen LogP contribution in [0.3, 0.4) is 0 Å². The molecule has 1 aromatic rings. The Morgan fingerprint density at radius 2 is 2.05 bits per heavy atom. The molecule has 1 aromatic heterocycles. The quantitative estimate of drug-likeness (QED) is 0.922. The van der Waals surface area contributed by atoms with Crippen LogP contribution >= 0.6 is 0 Å². The summed E-state index contributed by atoms with van der Waals surface area (Å²) in [7, 11) is 0. The highest BCUT2D eigenvalue weighted by Crippen LogP contribution is 2.34. The summed E-state index contributed by atoms with van der Waals surface area (Å²) in [5, 5.41) is 7.12. The lowest BCUT2D eigenvalue weighted by Crippen LogP contribution is -2.41. The fourth-order valence-electron chi connectivity index (χ4n) is 2.98. The van der Waals surface area contributed by atoms with Gasteiger partial charge in [0.05, 0.1) is 0 Å². The molecule has 2 heterocycles. The van der Waals surface area contributed by atoms with Crippen molar-refractivity contribution in [1.82, 2.24) is 15.1 Å². The summed E-state index contributed by atoms with van der Waals surface area (Å²) >= 11 is 0. The van der Waals surface area contributed by atoms with Gasteiger partial charge in [-0.05, 0) is 36.7 Å². The Morgan fingerprint density at radius 1 is 1.40 bits per heavy atom. The molecule has 0 saturated carbocycles. The monoisotopic (exact) mass is 277 g/mol. The third-order valence-corrected chi connectivity index (χ3v) is 4.38. The normalized spacial score (nSPS) is 17.5. The van der Waals surface area contributed by atoms with E-state index < -0.39 is 0 Å². The van der Waals surface area contributed by atoms with Gasteiger partial charge in [-0.2, -0.15) is 5.10 Å². The predicted octanol–water partition coefficient (Wildman–Crippen LogP) is 3.26. The molecule has 2 rings (SSSR count). The van der Waals surface area contributed by atoms with Gasteiger partial charge in [0.15, 0.2) is 0 Å². The summed E-state index contributed by atoms with van der Waals surface area (Å²) in [5.74, 6) is 0.789. The van der Waals surface area contributed by atoms with Crippen molar-refractivity contribution < 1.29 is 4.79 Å². The second-order valence-electron chi connectivity index (χ2n) is 6.96. The van der Waals surface area contributed by atoms with Crippen molar-refractivity contribution in [2.45, 2.75) is 53.4 Å². The molecule has 112 valence electrons. The number of carbonyl (C=O) groups is 1. The van der Waals surface area contributed by atoms with E-state index in [1.165, 1.54) is 0 Å². The standard InChI is InChI=1S/C16H27N3O/c1-5-6-13-11-14(18-17-13)15(20)19-9-7-12(8-10-19)16(2,3)4/h11-12H,5-10H2,1-4H3,(H,17,18). The van der Waals surface area contributed by atoms with E-state index in [0.29, 0.717) is 17.0 Å². The number of aromatic amines is 1. The van der Waals surface area contributed by atoms with Crippen molar-refractivity contribution in [3.8, 4) is 0 Å². The van der Waals surface area contributed by atoms with Crippen LogP contribution in [-0.4, -0.2) is 34.1 Å². The van der Waals surface area contributed by atoms with Crippen LogP contribution in [0.5, 0.6) is 0 Å². The lowest BCUT2D eigenvalue weighted by atomic mass is 9.75. The molecule has 4 heteroatoms. The van der Waals surface area contributed by atoms with Gasteiger partial charge in [0.25, 0.3) is 5.91 Å². The van der Waals surface area contributed by atoms with Gasteiger partial charge < -0.3 is 4.90 Å². The number of nitrogens with zero attached hydrogens (tertiary/aromatic N) is 2. The molecule has 0 spiro atoms. The summed E-state index contributed by atoms with van der Waals surface area (Å²) in [6, 6.07) is 1.90. The molecule has 1 N–H and O–H groups in total. The van der Waals surface area contributed by atoms with Crippen LogP contribution in [0.25, 0.3) is 0 Å². The lowest BCUT2D eigenvalue weighted by Gasteiger charge is -2.38. The van der Waals surface area contributed by atoms with E-state index in [1.54, 1.807) is 0 Å². The first-order valence-electron chi connectivity index (χ1n) is 7.75. The van der Waals surface area contributed by atoms with E-state index in [4.69, 9.17) is 0 Å². The Balaban J connectivity index is 1.94. The average Bonchev–Trinajstić information content (AvgIpc) is 2.86. The van der Waals surface area contributed by atoms with Gasteiger partial charge in [-0.1, -0.05) is 34.1 Å². The highest BCUT2D eigenvalue weighted by molar-refractivity contribution is 5.92. The van der Waals surface area contributed by atoms with Crippen molar-refractivity contribution in [3.05, 3.63) is 17.5 Å². The van der Waals surface area contributed by atoms with Crippen molar-refractivity contribution in [2.24, 2.45) is 11.3 Å². The van der Waals surface area contributed by atoms with Crippen LogP contribution in [0.15, 0.2) is 6.07 Å². The van der Waals surface area contributed by atoms with Gasteiger partial charge >= 0.3 is 0 Å². The molecule has 4 nitrogen and oxygen atoms in total. The molecule has 1 amide bonds. The number of carbonyl (C=O) groups excluding carboxylic acids is 1. The number of aryl methyl sites for hydroxylation is 1. The molecule has 20 heavy (non-hydrogen) atoms. The minimum absolute atomic E-state index is 0.0796. The summed E-state index contributed by atoms with van der Waals surface area (Å²) < 4.78 is 0. The second kappa shape index (κ2) is 5.98. The van der Waals surface area contributed by atoms with Crippen LogP contribution in [-0.2, 0) is 6.42 Å². The third-order valence-electron chi connectivity index (χ3n) is 4.38. The van der Waals surface area contributed by atoms with Crippen molar-refractivity contribution >= 4 is 5.91 Å². The molecule has 1 aliphatic rings. The summed E-state index contributed by atoms with van der Waals surface area (Å²) in [6.45, 7) is 10.7. The maximum atomic E-state index is 12.4. The van der Waals surface area contributed by atoms with E-state index in [1.807, 2.05) is 11.0 Å². The van der Waals surface area contributed by atoms with Crippen LogP contribution in [0.1, 0.15) is 63.1 Å². The molecule has 0 bridgehead atoms. The Bertz CT molecular complexity index is 451. The summed E-state index contributed by atoms with van der Waals surface area (Å²) in [5.41, 5.74) is 1.97. The molecular formula is C16H27N3O. The highest BCUT2D eigenvalue weighted by atomic mass is 16.2. The first kappa shape index (κ1) is 15.1. The molecule has 0 radical (unpaired) electrons. The fourth-order valence-corrected chi connectivity index (χ4v) is 2.98. The fraction of sp³-hybridized carbons (Fsp3) is 0.750. The van der Waals surface area contributed by atoms with Gasteiger partial charge in [0.2, 0.25) is 0 Å². The Hall–Kier alpha value is -1.32. The zero-order valence-electron chi connectivity index (χ0n) is 13.2. The number of rotatable bonds is 3. The Kier molecular flexibility index (Phi) is 4.51. The Morgan fingerprint density at radius 3 is 2.60 bits per heavy atom. The minimum atomic E-state index is 0.0796. The zero-order chi connectivity index (χ0) is 14.8. The van der Waals surface area contributed by atoms with Gasteiger partial charge in [0.1, 0.15) is 5.69 Å². The largest absolute Gasteiger partial charge is 0.337 e. The van der Waals surface area contributed by atoms with Gasteiger partial charge in [-0.15, -0.1) is 0 Å². The molecular weight excluding hydrogens is 250 g/mol. The van der Waals surface area contributed by atoms with Gasteiger partial charge in [0, 0.05) is 18.8 Å². The highest BCUT2D eigenvalue weighted by Gasteiger charge is 2.31. The summed E-state index contributed by atoms with van der Waals surface area (Å²) in [4.78, 5) is 14.4. The topological polar surface area (TPSA) is 49.0 Å². The maximum absolute atomic E-state index is 12.4. The van der Waals surface area contributed by atoms with E-state index >= 15 is 0 Å². The average molecular weight is 277 g/mol. The van der Waals surface area contributed by atoms with Crippen LogP contribution in [0, 0.1) is 11.3 Å². The van der Waals surface area contributed by atoms with E-state index in [2.05, 4.69) is 37.9 Å². The third kappa shape index (κ3) is 3.41. The van der Waals surface area contributed by atoms with Crippen molar-refractivity contribution in [1.29, 1.82) is 0 Å². The molecule has 1 fully saturated rings. The van der Waals surface area contributed by atoms with Gasteiger partial charge in [-0.3, -0.25) is 9.89 Å². The summed E-state index contributed by atoms with van der Waals surface area (Å²) in [6.07, 6.45) is 4.21. The van der Waals surface area contributed by atoms with Crippen LogP contribution < -0.4 is 0 Å². The predicted molar refractivity (Wildman–Crippen MR) is 80.7 cm³/mol. The lowest BCUT2D eigenvalue weighted by molar-refractivity contribution is 0.0603. The minimum Gasteiger partial charge on any atom is -0.337 e. The number of piperidine rings is 1. The number of H-pyrrole nitrogens is 1. The maximum Gasteiger partial charge on any atom is 0.274 e. The Labute approximate surface area is 121 Å². The van der Waals surface area contributed by atoms with Crippen LogP contribution in [0.2, 0.25) is 0 Å². The SMILES string of the molecule is CCCc1cc(C(=O)N2CCC(C(C)(C)C)CC2)n[nH]1. The zero-order valence-corrected chi connectivity index (χ0v) is 13.2. The smallest absolute Gasteiger partial charge is 0.274 e. The van der Waals surface area contributed by atoms with Crippen LogP contribution in [0.4, 0.5) is 0 Å². The van der Waals surface area contributed by atoms with E-state index in [9.17, 15) is 4.79 Å². The molecule has 1 saturated heterocycles.